The van der Waals surface area contributed by atoms with E-state index in [9.17, 15) is 19.1 Å². The van der Waals surface area contributed by atoms with E-state index in [-0.39, 0.29) is 12.3 Å². The number of rotatable bonds is 4. The van der Waals surface area contributed by atoms with Crippen molar-refractivity contribution in [3.63, 3.8) is 0 Å². The number of fused-ring (bicyclic) bond motifs is 1. The van der Waals surface area contributed by atoms with Crippen LogP contribution in [0.25, 0.3) is 22.0 Å². The highest BCUT2D eigenvalue weighted by atomic mass is 19.1. The van der Waals surface area contributed by atoms with Crippen molar-refractivity contribution in [1.29, 1.82) is 0 Å². The number of carboxylic acids is 1. The quantitative estimate of drug-likeness (QED) is 0.411. The van der Waals surface area contributed by atoms with E-state index in [1.165, 1.54) is 18.2 Å². The Bertz CT molecular complexity index is 1620. The largest absolute Gasteiger partial charge is 0.493 e. The second kappa shape index (κ2) is 8.69. The Morgan fingerprint density at radius 2 is 1.86 bits per heavy atom. The zero-order chi connectivity index (χ0) is 25.8. The Balaban J connectivity index is 1.53. The van der Waals surface area contributed by atoms with Crippen molar-refractivity contribution >= 4 is 22.8 Å². The molecule has 0 saturated carbocycles. The summed E-state index contributed by atoms with van der Waals surface area (Å²) >= 11 is 0. The van der Waals surface area contributed by atoms with Crippen molar-refractivity contribution in [2.45, 2.75) is 39.8 Å². The Kier molecular flexibility index (Phi) is 5.44. The number of carbonyl (C=O) groups excluding carboxylic acids is 1. The number of amides is 1. The molecule has 1 amide bonds. The van der Waals surface area contributed by atoms with Crippen LogP contribution in [0.3, 0.4) is 0 Å². The summed E-state index contributed by atoms with van der Waals surface area (Å²) in [5.74, 6) is -0.847. The van der Waals surface area contributed by atoms with Gasteiger partial charge in [-0.2, -0.15) is 0 Å². The summed E-state index contributed by atoms with van der Waals surface area (Å²) < 4.78 is 19.7. The van der Waals surface area contributed by atoms with Gasteiger partial charge in [-0.05, 0) is 89.2 Å². The number of aromatic nitrogens is 1. The molecule has 7 heteroatoms. The molecule has 0 spiro atoms. The number of halogens is 1. The summed E-state index contributed by atoms with van der Waals surface area (Å²) in [6.45, 7) is 5.25. The van der Waals surface area contributed by atoms with Gasteiger partial charge in [0.1, 0.15) is 11.6 Å². The maximum Gasteiger partial charge on any atom is 0.307 e. The van der Waals surface area contributed by atoms with Crippen LogP contribution in [0.15, 0.2) is 48.7 Å². The smallest absolute Gasteiger partial charge is 0.307 e. The van der Waals surface area contributed by atoms with Crippen LogP contribution < -0.4 is 4.74 Å². The molecule has 6 rings (SSSR count). The molecular formula is C30H25FN2O4. The average Bonchev–Trinajstić information content (AvgIpc) is 3.34. The summed E-state index contributed by atoms with van der Waals surface area (Å²) in [6.07, 6.45) is 2.44. The van der Waals surface area contributed by atoms with E-state index >= 15 is 0 Å². The predicted molar refractivity (Wildman–Crippen MR) is 137 cm³/mol. The van der Waals surface area contributed by atoms with Gasteiger partial charge in [0.05, 0.1) is 18.5 Å². The van der Waals surface area contributed by atoms with E-state index in [0.717, 1.165) is 67.6 Å². The average molecular weight is 497 g/mol. The zero-order valence-electron chi connectivity index (χ0n) is 20.6. The van der Waals surface area contributed by atoms with Crippen molar-refractivity contribution in [2.24, 2.45) is 0 Å². The third kappa shape index (κ3) is 3.73. The molecule has 1 aromatic heterocycles. The van der Waals surface area contributed by atoms with Gasteiger partial charge in [0, 0.05) is 42.2 Å². The molecule has 0 bridgehead atoms. The van der Waals surface area contributed by atoms with E-state index in [1.807, 2.05) is 32.0 Å². The molecule has 186 valence electrons. The minimum atomic E-state index is -0.923. The van der Waals surface area contributed by atoms with Crippen LogP contribution in [-0.4, -0.2) is 33.5 Å². The minimum Gasteiger partial charge on any atom is -0.493 e. The summed E-state index contributed by atoms with van der Waals surface area (Å²) in [5.41, 5.74) is 8.44. The van der Waals surface area contributed by atoms with Crippen molar-refractivity contribution in [3.8, 4) is 16.9 Å². The second-order valence-corrected chi connectivity index (χ2v) is 9.71. The van der Waals surface area contributed by atoms with Crippen LogP contribution in [0.1, 0.15) is 43.7 Å². The molecule has 0 fully saturated rings. The fourth-order valence-electron chi connectivity index (χ4n) is 5.85. The van der Waals surface area contributed by atoms with E-state index in [4.69, 9.17) is 9.72 Å². The topological polar surface area (TPSA) is 79.7 Å². The van der Waals surface area contributed by atoms with Crippen molar-refractivity contribution in [2.75, 3.05) is 6.61 Å². The Hall–Kier alpha value is -4.26. The van der Waals surface area contributed by atoms with Crippen LogP contribution in [0.4, 0.5) is 4.39 Å². The van der Waals surface area contributed by atoms with E-state index in [0.29, 0.717) is 25.3 Å². The molecule has 0 atom stereocenters. The third-order valence-corrected chi connectivity index (χ3v) is 7.62. The van der Waals surface area contributed by atoms with E-state index in [1.54, 1.807) is 17.2 Å². The number of hydrogen-bond acceptors (Lipinski definition) is 4. The first kappa shape index (κ1) is 23.2. The highest BCUT2D eigenvalue weighted by Gasteiger charge is 2.32. The SMILES string of the molecule is Cc1c2c(c(C)c(-c3ccc4c5c(ccnc35)CCO4)c1CC(=O)O)CN(C(=O)c1cccc(F)c1)C2. The second-order valence-electron chi connectivity index (χ2n) is 9.71. The van der Waals surface area contributed by atoms with Gasteiger partial charge in [-0.25, -0.2) is 4.39 Å². The maximum absolute atomic E-state index is 13.8. The Morgan fingerprint density at radius 3 is 2.62 bits per heavy atom. The number of carboxylic acid groups (broad SMARTS) is 1. The number of pyridine rings is 1. The highest BCUT2D eigenvalue weighted by molar-refractivity contribution is 6.02. The number of nitrogens with zero attached hydrogens (tertiary/aromatic N) is 2. The molecule has 0 aliphatic carbocycles. The molecule has 2 aliphatic heterocycles. The standard InChI is InChI=1S/C30H25FN2O4/c1-16-22(13-26(34)35)27(21-6-7-25-28-18(9-11-37-25)8-10-32-29(21)28)17(2)24-15-33(14-23(16)24)30(36)19-4-3-5-20(31)12-19/h3-8,10,12H,9,11,13-15H2,1-2H3,(H,34,35). The van der Waals surface area contributed by atoms with Gasteiger partial charge in [-0.15, -0.1) is 0 Å². The van der Waals surface area contributed by atoms with Gasteiger partial charge < -0.3 is 14.7 Å². The third-order valence-electron chi connectivity index (χ3n) is 7.62. The van der Waals surface area contributed by atoms with Crippen LogP contribution in [0.5, 0.6) is 5.75 Å². The summed E-state index contributed by atoms with van der Waals surface area (Å²) in [4.78, 5) is 31.6. The molecule has 0 saturated heterocycles. The zero-order valence-corrected chi connectivity index (χ0v) is 20.6. The molecule has 2 aliphatic rings. The molecule has 0 unspecified atom stereocenters. The Morgan fingerprint density at radius 1 is 1.08 bits per heavy atom. The number of hydrogen-bond donors (Lipinski definition) is 1. The van der Waals surface area contributed by atoms with Gasteiger partial charge in [-0.1, -0.05) is 6.07 Å². The molecule has 3 aromatic carbocycles. The van der Waals surface area contributed by atoms with Crippen molar-refractivity contribution < 1.29 is 23.8 Å². The molecule has 4 aromatic rings. The first-order valence-corrected chi connectivity index (χ1v) is 12.3. The number of carbonyl (C=O) groups is 2. The van der Waals surface area contributed by atoms with E-state index < -0.39 is 11.8 Å². The lowest BCUT2D eigenvalue weighted by atomic mass is 9.83. The summed E-state index contributed by atoms with van der Waals surface area (Å²) in [5, 5.41) is 10.8. The first-order valence-electron chi connectivity index (χ1n) is 12.3. The Labute approximate surface area is 213 Å². The van der Waals surface area contributed by atoms with Crippen LogP contribution >= 0.6 is 0 Å². The fraction of sp³-hybridized carbons (Fsp3) is 0.233. The van der Waals surface area contributed by atoms with Gasteiger partial charge in [0.2, 0.25) is 0 Å². The van der Waals surface area contributed by atoms with Crippen LogP contribution in [-0.2, 0) is 30.7 Å². The van der Waals surface area contributed by atoms with Crippen LogP contribution in [0, 0.1) is 19.7 Å². The van der Waals surface area contributed by atoms with Gasteiger partial charge >= 0.3 is 5.97 Å². The lowest BCUT2D eigenvalue weighted by molar-refractivity contribution is -0.136. The van der Waals surface area contributed by atoms with Gasteiger partial charge in [-0.3, -0.25) is 14.6 Å². The molecule has 1 N–H and O–H groups in total. The highest BCUT2D eigenvalue weighted by Crippen LogP contribution is 2.44. The monoisotopic (exact) mass is 496 g/mol. The van der Waals surface area contributed by atoms with Crippen molar-refractivity contribution in [1.82, 2.24) is 9.88 Å². The normalized spacial score (nSPS) is 14.0. The number of benzene rings is 3. The van der Waals surface area contributed by atoms with E-state index in [2.05, 4.69) is 0 Å². The molecule has 6 nitrogen and oxygen atoms in total. The summed E-state index contributed by atoms with van der Waals surface area (Å²) in [6, 6.07) is 11.6. The molecule has 3 heterocycles. The summed E-state index contributed by atoms with van der Waals surface area (Å²) in [7, 11) is 0. The van der Waals surface area contributed by atoms with Crippen molar-refractivity contribution in [3.05, 3.63) is 93.4 Å². The minimum absolute atomic E-state index is 0.146. The maximum atomic E-state index is 13.8. The number of aliphatic carboxylic acids is 1. The first-order chi connectivity index (χ1) is 17.8. The van der Waals surface area contributed by atoms with Gasteiger partial charge in [0.15, 0.2) is 0 Å². The molecule has 37 heavy (non-hydrogen) atoms. The molecule has 0 radical (unpaired) electrons. The predicted octanol–water partition coefficient (Wildman–Crippen LogP) is 5.38. The number of ether oxygens (including phenoxy) is 1. The molecular weight excluding hydrogens is 471 g/mol. The lowest BCUT2D eigenvalue weighted by Crippen LogP contribution is -2.25. The lowest BCUT2D eigenvalue weighted by Gasteiger charge is -2.23. The van der Waals surface area contributed by atoms with Crippen LogP contribution in [0.2, 0.25) is 0 Å². The fourth-order valence-corrected chi connectivity index (χ4v) is 5.85. The van der Waals surface area contributed by atoms with Gasteiger partial charge in [0.25, 0.3) is 5.91 Å².